The zero-order valence-corrected chi connectivity index (χ0v) is 8.92. The molecule has 0 fully saturated rings. The fraction of sp³-hybridized carbons (Fsp3) is 0.800. The normalized spacial score (nSPS) is 14.0. The molecule has 72 valence electrons. The third-order valence-electron chi connectivity index (χ3n) is 0.995. The number of halogens is 4. The van der Waals surface area contributed by atoms with Crippen molar-refractivity contribution < 1.29 is 9.53 Å². The number of rotatable bonds is 3. The Morgan fingerprint density at radius 1 is 1.50 bits per heavy atom. The lowest BCUT2D eigenvalue weighted by molar-refractivity contribution is 0.106. The molecular weight excluding hydrogens is 248 g/mol. The van der Waals surface area contributed by atoms with Crippen LogP contribution in [0.4, 0.5) is 4.79 Å². The van der Waals surface area contributed by atoms with Crippen LogP contribution < -0.4 is 5.73 Å². The number of carbonyl (C=O) groups is 1. The molecule has 0 bridgehead atoms. The monoisotopic (exact) mass is 253 g/mol. The number of hydrogen-bond donors (Lipinski definition) is 1. The Balaban J connectivity index is 4.13. The lowest BCUT2D eigenvalue weighted by Crippen LogP contribution is -2.33. The maximum Gasteiger partial charge on any atom is 0.404 e. The summed E-state index contributed by atoms with van der Waals surface area (Å²) >= 11 is 21.8. The molecular formula is C5H7Cl4NO2. The summed E-state index contributed by atoms with van der Waals surface area (Å²) in [4.78, 5) is 10.3. The summed E-state index contributed by atoms with van der Waals surface area (Å²) < 4.78 is 2.82. The Kier molecular flexibility index (Phi) is 5.41. The molecule has 2 N–H and O–H groups in total. The van der Waals surface area contributed by atoms with Crippen LogP contribution in [-0.4, -0.2) is 21.9 Å². The summed E-state index contributed by atoms with van der Waals surface area (Å²) in [5.41, 5.74) is 4.74. The van der Waals surface area contributed by atoms with E-state index in [-0.39, 0.29) is 12.3 Å². The van der Waals surface area contributed by atoms with Gasteiger partial charge in [0.2, 0.25) is 3.79 Å². The zero-order chi connectivity index (χ0) is 9.78. The molecule has 1 amide bonds. The van der Waals surface area contributed by atoms with Crippen LogP contribution in [-0.2, 0) is 4.74 Å². The molecule has 0 radical (unpaired) electrons. The third kappa shape index (κ3) is 5.14. The molecule has 3 nitrogen and oxygen atoms in total. The molecule has 0 saturated carbocycles. The molecule has 0 heterocycles. The molecule has 0 spiro atoms. The van der Waals surface area contributed by atoms with Crippen LogP contribution in [0.3, 0.4) is 0 Å². The van der Waals surface area contributed by atoms with Gasteiger partial charge in [-0.2, -0.15) is 0 Å². The Labute approximate surface area is 90.0 Å². The summed E-state index contributed by atoms with van der Waals surface area (Å²) in [5.74, 6) is 0.214. The van der Waals surface area contributed by atoms with E-state index in [1.165, 1.54) is 0 Å². The first-order valence-electron chi connectivity index (χ1n) is 2.96. The van der Waals surface area contributed by atoms with E-state index in [1.54, 1.807) is 0 Å². The fourth-order valence-electron chi connectivity index (χ4n) is 0.529. The first-order chi connectivity index (χ1) is 5.38. The van der Waals surface area contributed by atoms with Gasteiger partial charge in [-0.1, -0.05) is 34.8 Å². The molecule has 7 heteroatoms. The molecule has 0 aliphatic heterocycles. The predicted octanol–water partition coefficient (Wildman–Crippen LogP) is 2.45. The number of hydrogen-bond acceptors (Lipinski definition) is 2. The van der Waals surface area contributed by atoms with Crippen LogP contribution in [0.25, 0.3) is 0 Å². The number of carbonyl (C=O) groups excluding carboxylic acids is 1. The van der Waals surface area contributed by atoms with Crippen LogP contribution in [0, 0.1) is 0 Å². The number of nitrogens with two attached hydrogens (primary N) is 1. The van der Waals surface area contributed by atoms with Crippen LogP contribution in [0.2, 0.25) is 0 Å². The van der Waals surface area contributed by atoms with Crippen molar-refractivity contribution in [3.63, 3.8) is 0 Å². The second-order valence-electron chi connectivity index (χ2n) is 1.94. The molecule has 1 atom stereocenters. The molecule has 0 aliphatic carbocycles. The summed E-state index contributed by atoms with van der Waals surface area (Å²) in [6.07, 6.45) is -1.66. The van der Waals surface area contributed by atoms with Gasteiger partial charge in [0.05, 0.1) is 0 Å². The summed E-state index contributed by atoms with van der Waals surface area (Å²) in [5, 5.41) is 0. The highest BCUT2D eigenvalue weighted by Crippen LogP contribution is 2.34. The van der Waals surface area contributed by atoms with Crippen molar-refractivity contribution in [2.75, 3.05) is 5.88 Å². The van der Waals surface area contributed by atoms with Crippen molar-refractivity contribution in [3.8, 4) is 0 Å². The second-order valence-corrected chi connectivity index (χ2v) is 4.69. The number of amides is 1. The van der Waals surface area contributed by atoms with Crippen molar-refractivity contribution in [1.29, 1.82) is 0 Å². The van der Waals surface area contributed by atoms with Gasteiger partial charge < -0.3 is 10.5 Å². The molecule has 1 unspecified atom stereocenters. The van der Waals surface area contributed by atoms with Gasteiger partial charge in [0.15, 0.2) is 6.10 Å². The van der Waals surface area contributed by atoms with Crippen LogP contribution in [0.15, 0.2) is 0 Å². The molecule has 12 heavy (non-hydrogen) atoms. The van der Waals surface area contributed by atoms with Crippen molar-refractivity contribution in [3.05, 3.63) is 0 Å². The maximum absolute atomic E-state index is 10.3. The molecule has 0 rings (SSSR count). The van der Waals surface area contributed by atoms with Gasteiger partial charge in [-0.25, -0.2) is 4.79 Å². The topological polar surface area (TPSA) is 52.3 Å². The minimum Gasteiger partial charge on any atom is -0.442 e. The minimum atomic E-state index is -1.69. The van der Waals surface area contributed by atoms with Crippen LogP contribution in [0.1, 0.15) is 6.42 Å². The van der Waals surface area contributed by atoms with Gasteiger partial charge in [0.25, 0.3) is 0 Å². The van der Waals surface area contributed by atoms with Crippen molar-refractivity contribution >= 4 is 52.5 Å². The Morgan fingerprint density at radius 3 is 2.25 bits per heavy atom. The number of ether oxygens (including phenoxy) is 1. The Morgan fingerprint density at radius 2 is 2.00 bits per heavy atom. The quantitative estimate of drug-likeness (QED) is 0.787. The van der Waals surface area contributed by atoms with Gasteiger partial charge in [0.1, 0.15) is 0 Å². The van der Waals surface area contributed by atoms with Gasteiger partial charge in [-0.3, -0.25) is 0 Å². The number of primary amides is 1. The molecule has 0 aromatic rings. The van der Waals surface area contributed by atoms with E-state index in [9.17, 15) is 4.79 Å². The number of alkyl halides is 4. The Hall–Kier alpha value is 0.430. The lowest BCUT2D eigenvalue weighted by atomic mass is 10.3. The average Bonchev–Trinajstić information content (AvgIpc) is 1.83. The highest BCUT2D eigenvalue weighted by atomic mass is 35.6. The first kappa shape index (κ1) is 12.4. The second kappa shape index (κ2) is 5.22. The summed E-state index contributed by atoms with van der Waals surface area (Å²) in [7, 11) is 0. The van der Waals surface area contributed by atoms with E-state index in [4.69, 9.17) is 52.1 Å². The fourth-order valence-corrected chi connectivity index (χ4v) is 1.19. The van der Waals surface area contributed by atoms with Gasteiger partial charge in [-0.15, -0.1) is 11.6 Å². The molecule has 0 aromatic heterocycles. The van der Waals surface area contributed by atoms with Gasteiger partial charge >= 0.3 is 6.09 Å². The smallest absolute Gasteiger partial charge is 0.404 e. The van der Waals surface area contributed by atoms with E-state index in [0.717, 1.165) is 0 Å². The van der Waals surface area contributed by atoms with Crippen molar-refractivity contribution in [2.24, 2.45) is 5.73 Å². The maximum atomic E-state index is 10.3. The van der Waals surface area contributed by atoms with E-state index < -0.39 is 16.0 Å². The highest BCUT2D eigenvalue weighted by Gasteiger charge is 2.34. The minimum absolute atomic E-state index is 0.214. The van der Waals surface area contributed by atoms with Gasteiger partial charge in [-0.05, 0) is 0 Å². The molecule has 0 aliphatic rings. The standard InChI is InChI=1S/C5H7Cl4NO2/c6-2-1-3(5(7,8)9)12-4(10)11/h3H,1-2H2,(H2,10,11). The highest BCUT2D eigenvalue weighted by molar-refractivity contribution is 6.68. The van der Waals surface area contributed by atoms with E-state index >= 15 is 0 Å². The molecule has 0 aromatic carbocycles. The summed E-state index contributed by atoms with van der Waals surface area (Å²) in [6, 6.07) is 0. The van der Waals surface area contributed by atoms with Crippen LogP contribution >= 0.6 is 46.4 Å². The predicted molar refractivity (Wildman–Crippen MR) is 50.1 cm³/mol. The lowest BCUT2D eigenvalue weighted by Gasteiger charge is -2.22. The van der Waals surface area contributed by atoms with Crippen molar-refractivity contribution in [1.82, 2.24) is 0 Å². The SMILES string of the molecule is NC(=O)OC(CCCl)C(Cl)(Cl)Cl. The summed E-state index contributed by atoms with van der Waals surface area (Å²) in [6.45, 7) is 0. The average molecular weight is 255 g/mol. The largest absolute Gasteiger partial charge is 0.442 e. The zero-order valence-electron chi connectivity index (χ0n) is 5.90. The molecule has 0 saturated heterocycles. The third-order valence-corrected chi connectivity index (χ3v) is 1.94. The van der Waals surface area contributed by atoms with Crippen molar-refractivity contribution in [2.45, 2.75) is 16.3 Å². The Bertz CT molecular complexity index is 158. The van der Waals surface area contributed by atoms with E-state index in [1.807, 2.05) is 0 Å². The van der Waals surface area contributed by atoms with Gasteiger partial charge in [0, 0.05) is 12.3 Å². The van der Waals surface area contributed by atoms with E-state index in [2.05, 4.69) is 4.74 Å². The van der Waals surface area contributed by atoms with E-state index in [0.29, 0.717) is 0 Å². The first-order valence-corrected chi connectivity index (χ1v) is 4.63. The van der Waals surface area contributed by atoms with Crippen LogP contribution in [0.5, 0.6) is 0 Å².